The molecule has 12 heteroatoms. The Kier molecular flexibility index (Phi) is 8.32. The van der Waals surface area contributed by atoms with E-state index in [-0.39, 0.29) is 23.3 Å². The monoisotopic (exact) mass is 593 g/mol. The molecule has 4 heterocycles. The topological polar surface area (TPSA) is 119 Å². The van der Waals surface area contributed by atoms with Gasteiger partial charge in [-0.05, 0) is 61.6 Å². The Balaban J connectivity index is 1.46. The van der Waals surface area contributed by atoms with Gasteiger partial charge in [-0.15, -0.1) is 0 Å². The Bertz CT molecular complexity index is 1630. The van der Waals surface area contributed by atoms with Crippen molar-refractivity contribution in [3.63, 3.8) is 0 Å². The van der Waals surface area contributed by atoms with Crippen LogP contribution in [-0.2, 0) is 16.0 Å². The molecule has 2 aliphatic heterocycles. The van der Waals surface area contributed by atoms with Gasteiger partial charge in [-0.25, -0.2) is 4.98 Å². The van der Waals surface area contributed by atoms with E-state index in [0.29, 0.717) is 76.6 Å². The maximum absolute atomic E-state index is 13.8. The highest BCUT2D eigenvalue weighted by atomic mass is 32.2. The number of piperidine rings is 1. The number of pyridine rings is 1. The number of thioether (sulfide) groups is 1. The highest BCUT2D eigenvalue weighted by Crippen LogP contribution is 2.35. The van der Waals surface area contributed by atoms with Crippen LogP contribution in [0.15, 0.2) is 46.2 Å². The predicted octanol–water partition coefficient (Wildman–Crippen LogP) is 3.17. The predicted molar refractivity (Wildman–Crippen MR) is 163 cm³/mol. The van der Waals surface area contributed by atoms with Gasteiger partial charge in [0.25, 0.3) is 11.5 Å². The first-order valence-electron chi connectivity index (χ1n) is 13.2. The third-order valence-electron chi connectivity index (χ3n) is 7.48. The van der Waals surface area contributed by atoms with E-state index in [1.165, 1.54) is 16.2 Å². The number of nitrogens with zero attached hydrogens (tertiary/aromatic N) is 4. The molecule has 3 aromatic rings. The van der Waals surface area contributed by atoms with Gasteiger partial charge in [0.1, 0.15) is 15.8 Å². The van der Waals surface area contributed by atoms with Gasteiger partial charge in [0.2, 0.25) is 5.91 Å². The Morgan fingerprint density at radius 2 is 1.90 bits per heavy atom. The van der Waals surface area contributed by atoms with Crippen LogP contribution in [0, 0.1) is 12.8 Å². The summed E-state index contributed by atoms with van der Waals surface area (Å²) < 4.78 is 12.6. The summed E-state index contributed by atoms with van der Waals surface area (Å²) in [7, 11) is 3.16. The smallest absolute Gasteiger partial charge is 0.267 e. The fraction of sp³-hybridized carbons (Fsp3) is 0.345. The minimum absolute atomic E-state index is 0.208. The summed E-state index contributed by atoms with van der Waals surface area (Å²) in [6.45, 7) is 3.32. The number of fused-ring (bicyclic) bond motifs is 1. The van der Waals surface area contributed by atoms with E-state index in [2.05, 4.69) is 0 Å². The Labute approximate surface area is 247 Å². The summed E-state index contributed by atoms with van der Waals surface area (Å²) in [5.41, 5.74) is 7.93. The second-order valence-electron chi connectivity index (χ2n) is 9.98. The van der Waals surface area contributed by atoms with Crippen LogP contribution in [-0.4, -0.2) is 64.3 Å². The lowest BCUT2D eigenvalue weighted by atomic mass is 9.96. The largest absolute Gasteiger partial charge is 0.493 e. The number of thiocarbonyl (C=S) groups is 1. The van der Waals surface area contributed by atoms with Crippen LogP contribution in [0.4, 0.5) is 5.82 Å². The van der Waals surface area contributed by atoms with Crippen LogP contribution in [0.3, 0.4) is 0 Å². The number of amides is 2. The maximum atomic E-state index is 13.8. The van der Waals surface area contributed by atoms with E-state index >= 15 is 0 Å². The lowest BCUT2D eigenvalue weighted by Gasteiger charge is -2.32. The van der Waals surface area contributed by atoms with Crippen molar-refractivity contribution in [3.8, 4) is 11.5 Å². The number of ether oxygens (including phenoxy) is 2. The maximum Gasteiger partial charge on any atom is 0.267 e. The molecule has 0 bridgehead atoms. The molecule has 2 N–H and O–H groups in total. The number of anilines is 1. The second-order valence-corrected chi connectivity index (χ2v) is 11.7. The highest BCUT2D eigenvalue weighted by molar-refractivity contribution is 8.26. The van der Waals surface area contributed by atoms with Crippen LogP contribution < -0.4 is 25.7 Å². The zero-order valence-electron chi connectivity index (χ0n) is 23.1. The van der Waals surface area contributed by atoms with Crippen molar-refractivity contribution >= 4 is 57.7 Å². The van der Waals surface area contributed by atoms with E-state index in [9.17, 15) is 14.4 Å². The van der Waals surface area contributed by atoms with Crippen molar-refractivity contribution in [1.82, 2.24) is 14.3 Å². The Morgan fingerprint density at radius 3 is 2.59 bits per heavy atom. The molecule has 0 aliphatic carbocycles. The number of carbonyl (C=O) groups excluding carboxylic acids is 2. The average Bonchev–Trinajstić information content (AvgIpc) is 3.24. The molecule has 214 valence electrons. The van der Waals surface area contributed by atoms with Gasteiger partial charge in [0.05, 0.1) is 24.7 Å². The number of rotatable bonds is 8. The van der Waals surface area contributed by atoms with Gasteiger partial charge in [0, 0.05) is 31.7 Å². The molecule has 0 saturated carbocycles. The molecule has 2 fully saturated rings. The summed E-state index contributed by atoms with van der Waals surface area (Å²) in [6, 6.07) is 9.32. The van der Waals surface area contributed by atoms with Gasteiger partial charge >= 0.3 is 0 Å². The van der Waals surface area contributed by atoms with Gasteiger partial charge in [0.15, 0.2) is 11.5 Å². The molecular formula is C29H31N5O5S2. The number of benzene rings is 1. The van der Waals surface area contributed by atoms with Crippen LogP contribution in [0.5, 0.6) is 11.5 Å². The van der Waals surface area contributed by atoms with Crippen LogP contribution in [0.1, 0.15) is 29.5 Å². The van der Waals surface area contributed by atoms with Crippen molar-refractivity contribution in [2.45, 2.75) is 26.2 Å². The number of aromatic nitrogens is 2. The summed E-state index contributed by atoms with van der Waals surface area (Å²) in [5.74, 6) is 0.950. The fourth-order valence-electron chi connectivity index (χ4n) is 5.14. The first-order chi connectivity index (χ1) is 19.7. The molecule has 0 radical (unpaired) electrons. The summed E-state index contributed by atoms with van der Waals surface area (Å²) in [5, 5.41) is 0. The second kappa shape index (κ2) is 11.9. The van der Waals surface area contributed by atoms with E-state index in [1.807, 2.05) is 36.1 Å². The minimum atomic E-state index is -0.316. The number of hydrogen-bond donors (Lipinski definition) is 1. The van der Waals surface area contributed by atoms with Crippen molar-refractivity contribution in [1.29, 1.82) is 0 Å². The zero-order chi connectivity index (χ0) is 29.3. The SMILES string of the molecule is COc1ccc(CCN2C(=O)/C(=C\c3c(N4CCC(C(N)=O)CC4)nc4c(C)cccn4c3=O)SC2=S)cc1OC. The first-order valence-corrected chi connectivity index (χ1v) is 14.5. The highest BCUT2D eigenvalue weighted by Gasteiger charge is 2.33. The van der Waals surface area contributed by atoms with E-state index < -0.39 is 0 Å². The molecule has 2 aromatic heterocycles. The van der Waals surface area contributed by atoms with Crippen molar-refractivity contribution in [2.75, 3.05) is 38.8 Å². The van der Waals surface area contributed by atoms with E-state index in [0.717, 1.165) is 11.1 Å². The molecule has 5 rings (SSSR count). The minimum Gasteiger partial charge on any atom is -0.493 e. The molecule has 0 unspecified atom stereocenters. The average molecular weight is 594 g/mol. The summed E-state index contributed by atoms with van der Waals surface area (Å²) >= 11 is 6.74. The van der Waals surface area contributed by atoms with Gasteiger partial charge in [-0.1, -0.05) is 36.1 Å². The fourth-order valence-corrected chi connectivity index (χ4v) is 6.43. The number of methoxy groups -OCH3 is 2. The summed E-state index contributed by atoms with van der Waals surface area (Å²) in [4.78, 5) is 47.8. The lowest BCUT2D eigenvalue weighted by molar-refractivity contribution is -0.123. The molecule has 2 aliphatic rings. The van der Waals surface area contributed by atoms with Crippen LogP contribution in [0.25, 0.3) is 11.7 Å². The van der Waals surface area contributed by atoms with E-state index in [1.54, 1.807) is 37.5 Å². The number of nitrogens with two attached hydrogens (primary N) is 1. The third kappa shape index (κ3) is 5.66. The molecule has 2 amide bonds. The lowest BCUT2D eigenvalue weighted by Crippen LogP contribution is -2.40. The number of aryl methyl sites for hydroxylation is 1. The van der Waals surface area contributed by atoms with E-state index in [4.69, 9.17) is 32.4 Å². The summed E-state index contributed by atoms with van der Waals surface area (Å²) in [6.07, 6.45) is 4.98. The Morgan fingerprint density at radius 1 is 1.17 bits per heavy atom. The molecule has 1 aromatic carbocycles. The molecule has 0 atom stereocenters. The normalized spacial score (nSPS) is 17.1. The standard InChI is InChI=1S/C29H31N5O5S2/c1-17-5-4-11-33-25(17)31-26(32-12-9-19(10-13-32)24(30)35)20(27(33)36)16-23-28(37)34(29(40)41-23)14-8-18-6-7-21(38-2)22(15-18)39-3/h4-7,11,15-16,19H,8-10,12-14H2,1-3H3,(H2,30,35)/b23-16+. The van der Waals surface area contributed by atoms with Crippen molar-refractivity contribution < 1.29 is 19.1 Å². The number of hydrogen-bond acceptors (Lipinski definition) is 9. The van der Waals surface area contributed by atoms with Crippen LogP contribution in [0.2, 0.25) is 0 Å². The van der Waals surface area contributed by atoms with Crippen molar-refractivity contribution in [3.05, 3.63) is 68.5 Å². The molecule has 10 nitrogen and oxygen atoms in total. The van der Waals surface area contributed by atoms with Gasteiger partial charge in [-0.2, -0.15) is 0 Å². The molecular weight excluding hydrogens is 562 g/mol. The zero-order valence-corrected chi connectivity index (χ0v) is 24.7. The molecule has 41 heavy (non-hydrogen) atoms. The third-order valence-corrected chi connectivity index (χ3v) is 8.86. The molecule has 2 saturated heterocycles. The van der Waals surface area contributed by atoms with Crippen molar-refractivity contribution in [2.24, 2.45) is 11.7 Å². The molecule has 0 spiro atoms. The number of carbonyl (C=O) groups is 2. The first kappa shape index (κ1) is 28.6. The number of primary amides is 1. The quantitative estimate of drug-likeness (QED) is 0.310. The van der Waals surface area contributed by atoms with Gasteiger partial charge < -0.3 is 20.1 Å². The Hall–Kier alpha value is -3.90. The van der Waals surface area contributed by atoms with Gasteiger partial charge in [-0.3, -0.25) is 23.7 Å². The van der Waals surface area contributed by atoms with Crippen LogP contribution >= 0.6 is 24.0 Å².